The molecule has 0 saturated carbocycles. The van der Waals surface area contributed by atoms with Gasteiger partial charge in [0, 0.05) is 17.1 Å². The molecular formula is C32H29N3O3S. The molecule has 0 unspecified atom stereocenters. The van der Waals surface area contributed by atoms with Gasteiger partial charge in [-0.05, 0) is 86.1 Å². The summed E-state index contributed by atoms with van der Waals surface area (Å²) in [5.41, 5.74) is 6.10. The lowest BCUT2D eigenvalue weighted by Gasteiger charge is -2.15. The van der Waals surface area contributed by atoms with Gasteiger partial charge in [-0.2, -0.15) is 0 Å². The monoisotopic (exact) mass is 535 g/mol. The topological polar surface area (TPSA) is 63.9 Å². The van der Waals surface area contributed by atoms with Crippen LogP contribution in [0, 0.1) is 13.8 Å². The van der Waals surface area contributed by atoms with Gasteiger partial charge in [0.25, 0.3) is 5.91 Å². The van der Waals surface area contributed by atoms with Crippen molar-refractivity contribution in [1.82, 2.24) is 9.47 Å². The Balaban J connectivity index is 1.50. The van der Waals surface area contributed by atoms with Crippen LogP contribution in [0.1, 0.15) is 39.8 Å². The molecule has 1 aromatic heterocycles. The highest BCUT2D eigenvalue weighted by atomic mass is 32.2. The molecule has 1 fully saturated rings. The van der Waals surface area contributed by atoms with Gasteiger partial charge in [-0.25, -0.2) is 9.79 Å². The van der Waals surface area contributed by atoms with Crippen molar-refractivity contribution in [1.29, 1.82) is 0 Å². The van der Waals surface area contributed by atoms with E-state index in [2.05, 4.69) is 10.6 Å². The van der Waals surface area contributed by atoms with Crippen LogP contribution >= 0.6 is 11.8 Å². The lowest BCUT2D eigenvalue weighted by molar-refractivity contribution is -0.122. The summed E-state index contributed by atoms with van der Waals surface area (Å²) in [5, 5.41) is 0.650. The van der Waals surface area contributed by atoms with Crippen LogP contribution in [0.15, 0.2) is 101 Å². The summed E-state index contributed by atoms with van der Waals surface area (Å²) in [4.78, 5) is 33.1. The summed E-state index contributed by atoms with van der Waals surface area (Å²) in [6, 6.07) is 29.1. The maximum Gasteiger partial charge on any atom is 0.338 e. The summed E-state index contributed by atoms with van der Waals surface area (Å²) in [5.74, 6) is -0.423. The Kier molecular flexibility index (Phi) is 7.79. The minimum Gasteiger partial charge on any atom is -0.462 e. The van der Waals surface area contributed by atoms with Crippen molar-refractivity contribution in [2.45, 2.75) is 27.3 Å². The van der Waals surface area contributed by atoms with E-state index in [0.29, 0.717) is 28.8 Å². The molecule has 3 aromatic carbocycles. The first-order valence-corrected chi connectivity index (χ1v) is 13.6. The van der Waals surface area contributed by atoms with E-state index >= 15 is 0 Å². The smallest absolute Gasteiger partial charge is 0.338 e. The van der Waals surface area contributed by atoms with Crippen LogP contribution in [0.4, 0.5) is 5.69 Å². The Morgan fingerprint density at radius 2 is 1.67 bits per heavy atom. The number of carbonyl (C=O) groups is 2. The molecule has 1 aliphatic heterocycles. The zero-order chi connectivity index (χ0) is 27.4. The molecule has 0 N–H and O–H groups in total. The normalized spacial score (nSPS) is 15.4. The fourth-order valence-corrected chi connectivity index (χ4v) is 5.56. The van der Waals surface area contributed by atoms with Gasteiger partial charge in [0.15, 0.2) is 5.17 Å². The first kappa shape index (κ1) is 26.3. The van der Waals surface area contributed by atoms with E-state index in [-0.39, 0.29) is 11.9 Å². The lowest BCUT2D eigenvalue weighted by Crippen LogP contribution is -2.28. The van der Waals surface area contributed by atoms with E-state index < -0.39 is 0 Å². The maximum atomic E-state index is 13.7. The summed E-state index contributed by atoms with van der Waals surface area (Å²) < 4.78 is 7.26. The van der Waals surface area contributed by atoms with E-state index in [1.54, 1.807) is 17.9 Å². The van der Waals surface area contributed by atoms with Gasteiger partial charge >= 0.3 is 5.97 Å². The minimum atomic E-state index is -0.346. The summed E-state index contributed by atoms with van der Waals surface area (Å²) >= 11 is 1.38. The minimum absolute atomic E-state index is 0.0763. The third kappa shape index (κ3) is 5.73. The Labute approximate surface area is 232 Å². The van der Waals surface area contributed by atoms with Crippen molar-refractivity contribution in [3.05, 3.63) is 124 Å². The fourth-order valence-electron chi connectivity index (χ4n) is 4.57. The molecule has 1 saturated heterocycles. The van der Waals surface area contributed by atoms with Gasteiger partial charge < -0.3 is 9.30 Å². The van der Waals surface area contributed by atoms with Crippen molar-refractivity contribution < 1.29 is 14.3 Å². The zero-order valence-electron chi connectivity index (χ0n) is 22.1. The Bertz CT molecular complexity index is 1570. The van der Waals surface area contributed by atoms with Gasteiger partial charge in [-0.1, -0.05) is 54.6 Å². The number of benzene rings is 3. The molecule has 0 radical (unpaired) electrons. The van der Waals surface area contributed by atoms with Crippen molar-refractivity contribution >= 4 is 40.6 Å². The predicted molar refractivity (Wildman–Crippen MR) is 157 cm³/mol. The quantitative estimate of drug-likeness (QED) is 0.187. The number of thioether (sulfide) groups is 1. The summed E-state index contributed by atoms with van der Waals surface area (Å²) in [7, 11) is 0. The SMILES string of the molecule is CCOC(=O)c1cccc(-n2c(C)cc(/C=C3\SC(=Nc4ccccc4)N(Cc4ccccc4)C3=O)c2C)c1. The number of carbonyl (C=O) groups excluding carboxylic acids is 2. The van der Waals surface area contributed by atoms with Crippen molar-refractivity contribution in [2.75, 3.05) is 6.61 Å². The Morgan fingerprint density at radius 3 is 2.38 bits per heavy atom. The van der Waals surface area contributed by atoms with Crippen LogP contribution in [0.25, 0.3) is 11.8 Å². The number of nitrogens with zero attached hydrogens (tertiary/aromatic N) is 3. The maximum absolute atomic E-state index is 13.7. The number of hydrogen-bond donors (Lipinski definition) is 0. The third-order valence-electron chi connectivity index (χ3n) is 6.42. The number of esters is 1. The molecule has 6 nitrogen and oxygen atoms in total. The molecule has 1 aliphatic rings. The zero-order valence-corrected chi connectivity index (χ0v) is 22.9. The highest BCUT2D eigenvalue weighted by Crippen LogP contribution is 2.36. The number of para-hydroxylation sites is 1. The van der Waals surface area contributed by atoms with Crippen LogP contribution in [0.5, 0.6) is 0 Å². The van der Waals surface area contributed by atoms with Crippen LogP contribution < -0.4 is 0 Å². The standard InChI is InChI=1S/C32H29N3O3S/c1-4-38-31(37)25-14-11-17-28(19-25)35-22(2)18-26(23(35)3)20-29-30(36)34(21-24-12-7-5-8-13-24)32(39-29)33-27-15-9-6-10-16-27/h5-20H,4,21H2,1-3H3/b29-20-,33-32?. The van der Waals surface area contributed by atoms with Crippen LogP contribution in [-0.4, -0.2) is 33.1 Å². The number of aromatic nitrogens is 1. The van der Waals surface area contributed by atoms with Crippen molar-refractivity contribution in [3.63, 3.8) is 0 Å². The molecule has 7 heteroatoms. The number of amidine groups is 1. The fraction of sp³-hybridized carbons (Fsp3) is 0.156. The second-order valence-electron chi connectivity index (χ2n) is 9.15. The average Bonchev–Trinajstić information content (AvgIpc) is 3.39. The number of aryl methyl sites for hydroxylation is 1. The van der Waals surface area contributed by atoms with Crippen molar-refractivity contribution in [3.8, 4) is 5.69 Å². The molecule has 4 aromatic rings. The first-order chi connectivity index (χ1) is 18.9. The van der Waals surface area contributed by atoms with E-state index in [9.17, 15) is 9.59 Å². The molecule has 0 spiro atoms. The molecule has 0 aliphatic carbocycles. The van der Waals surface area contributed by atoms with E-state index in [1.807, 2.05) is 98.8 Å². The van der Waals surface area contributed by atoms with Gasteiger partial charge in [-0.3, -0.25) is 9.69 Å². The van der Waals surface area contributed by atoms with Gasteiger partial charge in [0.1, 0.15) is 0 Å². The summed E-state index contributed by atoms with van der Waals surface area (Å²) in [6.45, 7) is 6.59. The van der Waals surface area contributed by atoms with Crippen LogP contribution in [-0.2, 0) is 16.1 Å². The lowest BCUT2D eigenvalue weighted by atomic mass is 10.2. The highest BCUT2D eigenvalue weighted by molar-refractivity contribution is 8.18. The van der Waals surface area contributed by atoms with Crippen molar-refractivity contribution in [2.24, 2.45) is 4.99 Å². The van der Waals surface area contributed by atoms with E-state index in [0.717, 1.165) is 33.9 Å². The van der Waals surface area contributed by atoms with Gasteiger partial charge in [0.2, 0.25) is 0 Å². The third-order valence-corrected chi connectivity index (χ3v) is 7.43. The largest absolute Gasteiger partial charge is 0.462 e. The second kappa shape index (κ2) is 11.6. The molecule has 2 heterocycles. The highest BCUT2D eigenvalue weighted by Gasteiger charge is 2.33. The van der Waals surface area contributed by atoms with Crippen LogP contribution in [0.3, 0.4) is 0 Å². The molecule has 5 rings (SSSR count). The predicted octanol–water partition coefficient (Wildman–Crippen LogP) is 7.08. The Morgan fingerprint density at radius 1 is 0.949 bits per heavy atom. The van der Waals surface area contributed by atoms with Gasteiger partial charge in [-0.15, -0.1) is 0 Å². The molecular weight excluding hydrogens is 506 g/mol. The number of rotatable bonds is 7. The van der Waals surface area contributed by atoms with Gasteiger partial charge in [0.05, 0.1) is 29.3 Å². The molecule has 1 amide bonds. The average molecular weight is 536 g/mol. The molecule has 196 valence electrons. The van der Waals surface area contributed by atoms with E-state index in [4.69, 9.17) is 9.73 Å². The number of amides is 1. The number of hydrogen-bond acceptors (Lipinski definition) is 5. The van der Waals surface area contributed by atoms with Crippen LogP contribution in [0.2, 0.25) is 0 Å². The first-order valence-electron chi connectivity index (χ1n) is 12.8. The Hall–Kier alpha value is -4.36. The molecule has 0 atom stereocenters. The van der Waals surface area contributed by atoms with E-state index in [1.165, 1.54) is 11.8 Å². The summed E-state index contributed by atoms with van der Waals surface area (Å²) in [6.07, 6.45) is 1.94. The second-order valence-corrected chi connectivity index (χ2v) is 10.2. The molecule has 0 bridgehead atoms. The number of aliphatic imine (C=N–C) groups is 1. The number of ether oxygens (including phenoxy) is 1. The molecule has 39 heavy (non-hydrogen) atoms.